The Bertz CT molecular complexity index is 608. The molecule has 106 valence electrons. The van der Waals surface area contributed by atoms with Crippen molar-refractivity contribution in [2.75, 3.05) is 5.75 Å². The first kappa shape index (κ1) is 14.7. The lowest BCUT2D eigenvalue weighted by molar-refractivity contribution is -0.133. The Hall–Kier alpha value is -1.75. The van der Waals surface area contributed by atoms with Crippen LogP contribution in [0.25, 0.3) is 5.69 Å². The van der Waals surface area contributed by atoms with Gasteiger partial charge in [0.1, 0.15) is 0 Å². The number of thioether (sulfide) groups is 1. The van der Waals surface area contributed by atoms with Crippen LogP contribution in [0.4, 0.5) is 0 Å². The van der Waals surface area contributed by atoms with Crippen LogP contribution in [-0.4, -0.2) is 26.4 Å². The van der Waals surface area contributed by atoms with Gasteiger partial charge in [-0.3, -0.25) is 9.36 Å². The molecule has 0 unspecified atom stereocenters. The molecular formula is C15H18N2O2S. The van der Waals surface area contributed by atoms with E-state index in [1.54, 1.807) is 6.20 Å². The van der Waals surface area contributed by atoms with E-state index in [1.807, 2.05) is 23.6 Å². The maximum Gasteiger partial charge on any atom is 0.313 e. The Kier molecular flexibility index (Phi) is 4.84. The molecule has 5 heteroatoms. The Morgan fingerprint density at radius 2 is 2.15 bits per heavy atom. The fourth-order valence-corrected chi connectivity index (χ4v) is 2.90. The predicted octanol–water partition coefficient (Wildman–Crippen LogP) is 3.31. The molecule has 0 saturated heterocycles. The van der Waals surface area contributed by atoms with Crippen LogP contribution in [0, 0.1) is 6.92 Å². The normalized spacial score (nSPS) is 10.7. The molecule has 2 aromatic rings. The molecule has 0 radical (unpaired) electrons. The van der Waals surface area contributed by atoms with Crippen molar-refractivity contribution >= 4 is 17.7 Å². The lowest BCUT2D eigenvalue weighted by Gasteiger charge is -2.14. The molecule has 0 saturated carbocycles. The minimum absolute atomic E-state index is 0.0202. The molecule has 2 rings (SSSR count). The zero-order valence-electron chi connectivity index (χ0n) is 11.7. The van der Waals surface area contributed by atoms with Gasteiger partial charge in [0.25, 0.3) is 0 Å². The van der Waals surface area contributed by atoms with Crippen LogP contribution in [0.2, 0.25) is 0 Å². The number of carbonyl (C=O) groups is 1. The summed E-state index contributed by atoms with van der Waals surface area (Å²) in [5, 5.41) is 9.55. The number of carboxylic acid groups (broad SMARTS) is 1. The molecule has 0 aliphatic carbocycles. The van der Waals surface area contributed by atoms with Gasteiger partial charge in [-0.25, -0.2) is 4.98 Å². The van der Waals surface area contributed by atoms with Gasteiger partial charge in [0.05, 0.1) is 11.4 Å². The van der Waals surface area contributed by atoms with Crippen LogP contribution >= 0.6 is 11.8 Å². The van der Waals surface area contributed by atoms with Gasteiger partial charge in [0.2, 0.25) is 0 Å². The molecule has 0 amide bonds. The van der Waals surface area contributed by atoms with Crippen LogP contribution in [0.5, 0.6) is 0 Å². The number of benzene rings is 1. The Balaban J connectivity index is 2.41. The summed E-state index contributed by atoms with van der Waals surface area (Å²) >= 11 is 1.25. The Morgan fingerprint density at radius 3 is 2.85 bits per heavy atom. The lowest BCUT2D eigenvalue weighted by Crippen LogP contribution is -2.05. The van der Waals surface area contributed by atoms with Gasteiger partial charge in [-0.05, 0) is 25.0 Å². The predicted molar refractivity (Wildman–Crippen MR) is 80.7 cm³/mol. The van der Waals surface area contributed by atoms with Gasteiger partial charge < -0.3 is 5.11 Å². The fraction of sp³-hybridized carbons (Fsp3) is 0.333. The van der Waals surface area contributed by atoms with Crippen LogP contribution < -0.4 is 0 Å². The Labute approximate surface area is 122 Å². The third-order valence-electron chi connectivity index (χ3n) is 2.98. The van der Waals surface area contributed by atoms with Crippen molar-refractivity contribution in [3.63, 3.8) is 0 Å². The summed E-state index contributed by atoms with van der Waals surface area (Å²) in [4.78, 5) is 15.1. The smallest absolute Gasteiger partial charge is 0.313 e. The second-order valence-corrected chi connectivity index (χ2v) is 5.52. The molecule has 0 spiro atoms. The maximum atomic E-state index is 10.7. The standard InChI is InChI=1S/C15H18N2O2S/c1-3-6-12-7-4-5-8-13(12)17-11(2)9-16-15(17)20-10-14(18)19/h4-5,7-9H,3,6,10H2,1-2H3,(H,18,19). The van der Waals surface area contributed by atoms with E-state index < -0.39 is 5.97 Å². The number of hydrogen-bond acceptors (Lipinski definition) is 3. The highest BCUT2D eigenvalue weighted by Crippen LogP contribution is 2.25. The van der Waals surface area contributed by atoms with E-state index >= 15 is 0 Å². The molecule has 0 bridgehead atoms. The summed E-state index contributed by atoms with van der Waals surface area (Å²) in [6.07, 6.45) is 3.85. The lowest BCUT2D eigenvalue weighted by atomic mass is 10.1. The number of aromatic nitrogens is 2. The van der Waals surface area contributed by atoms with Gasteiger partial charge in [-0.15, -0.1) is 0 Å². The molecular weight excluding hydrogens is 272 g/mol. The van der Waals surface area contributed by atoms with E-state index in [9.17, 15) is 4.79 Å². The Morgan fingerprint density at radius 1 is 1.40 bits per heavy atom. The van der Waals surface area contributed by atoms with Crippen LogP contribution in [0.3, 0.4) is 0 Å². The van der Waals surface area contributed by atoms with Crippen molar-refractivity contribution < 1.29 is 9.90 Å². The first-order chi connectivity index (χ1) is 9.63. The van der Waals surface area contributed by atoms with Crippen molar-refractivity contribution in [2.45, 2.75) is 31.8 Å². The molecule has 1 aromatic heterocycles. The summed E-state index contributed by atoms with van der Waals surface area (Å²) < 4.78 is 2.04. The molecule has 0 aliphatic heterocycles. The van der Waals surface area contributed by atoms with E-state index in [1.165, 1.54) is 17.3 Å². The molecule has 0 aliphatic rings. The number of para-hydroxylation sites is 1. The zero-order chi connectivity index (χ0) is 14.5. The molecule has 0 atom stereocenters. The number of hydrogen-bond donors (Lipinski definition) is 1. The van der Waals surface area contributed by atoms with Crippen LogP contribution in [-0.2, 0) is 11.2 Å². The quantitative estimate of drug-likeness (QED) is 0.829. The minimum atomic E-state index is -0.830. The van der Waals surface area contributed by atoms with Crippen LogP contribution in [0.15, 0.2) is 35.6 Å². The number of imidazole rings is 1. The van der Waals surface area contributed by atoms with Crippen molar-refractivity contribution in [1.82, 2.24) is 9.55 Å². The minimum Gasteiger partial charge on any atom is -0.481 e. The third kappa shape index (κ3) is 3.22. The number of nitrogens with zero attached hydrogens (tertiary/aromatic N) is 2. The highest BCUT2D eigenvalue weighted by Gasteiger charge is 2.13. The monoisotopic (exact) mass is 290 g/mol. The average Bonchev–Trinajstić information content (AvgIpc) is 2.79. The highest BCUT2D eigenvalue weighted by molar-refractivity contribution is 7.99. The number of rotatable bonds is 6. The van der Waals surface area contributed by atoms with Crippen molar-refractivity contribution in [1.29, 1.82) is 0 Å². The summed E-state index contributed by atoms with van der Waals surface area (Å²) in [5.41, 5.74) is 3.37. The number of aryl methyl sites for hydroxylation is 2. The number of aliphatic carboxylic acids is 1. The molecule has 1 aromatic carbocycles. The first-order valence-corrected chi connectivity index (χ1v) is 7.59. The maximum absolute atomic E-state index is 10.7. The van der Waals surface area contributed by atoms with Crippen molar-refractivity contribution in [3.05, 3.63) is 41.7 Å². The van der Waals surface area contributed by atoms with Gasteiger partial charge in [0.15, 0.2) is 5.16 Å². The van der Waals surface area contributed by atoms with E-state index in [-0.39, 0.29) is 5.75 Å². The fourth-order valence-electron chi connectivity index (χ4n) is 2.15. The summed E-state index contributed by atoms with van der Waals surface area (Å²) in [7, 11) is 0. The van der Waals surface area contributed by atoms with E-state index in [0.29, 0.717) is 0 Å². The van der Waals surface area contributed by atoms with Gasteiger partial charge in [-0.1, -0.05) is 43.3 Å². The molecule has 4 nitrogen and oxygen atoms in total. The van der Waals surface area contributed by atoms with Crippen molar-refractivity contribution in [2.24, 2.45) is 0 Å². The summed E-state index contributed by atoms with van der Waals surface area (Å²) in [6, 6.07) is 8.21. The summed E-state index contributed by atoms with van der Waals surface area (Å²) in [5.74, 6) is -0.809. The van der Waals surface area contributed by atoms with Gasteiger partial charge >= 0.3 is 5.97 Å². The number of carboxylic acids is 1. The molecule has 1 heterocycles. The molecule has 1 N–H and O–H groups in total. The van der Waals surface area contributed by atoms with Crippen LogP contribution in [0.1, 0.15) is 24.6 Å². The largest absolute Gasteiger partial charge is 0.481 e. The average molecular weight is 290 g/mol. The second-order valence-electron chi connectivity index (χ2n) is 4.58. The van der Waals surface area contributed by atoms with Gasteiger partial charge in [-0.2, -0.15) is 0 Å². The third-order valence-corrected chi connectivity index (χ3v) is 3.92. The highest BCUT2D eigenvalue weighted by atomic mass is 32.2. The van der Waals surface area contributed by atoms with E-state index in [0.717, 1.165) is 29.4 Å². The summed E-state index contributed by atoms with van der Waals surface area (Å²) in [6.45, 7) is 4.14. The molecule has 0 fully saturated rings. The van der Waals surface area contributed by atoms with E-state index in [4.69, 9.17) is 5.11 Å². The SMILES string of the molecule is CCCc1ccccc1-n1c(C)cnc1SCC(=O)O. The van der Waals surface area contributed by atoms with E-state index in [2.05, 4.69) is 24.0 Å². The topological polar surface area (TPSA) is 55.1 Å². The molecule has 20 heavy (non-hydrogen) atoms. The first-order valence-electron chi connectivity index (χ1n) is 6.60. The van der Waals surface area contributed by atoms with Gasteiger partial charge in [0, 0.05) is 11.9 Å². The van der Waals surface area contributed by atoms with Crippen molar-refractivity contribution in [3.8, 4) is 5.69 Å². The zero-order valence-corrected chi connectivity index (χ0v) is 12.5. The second kappa shape index (κ2) is 6.61.